The van der Waals surface area contributed by atoms with E-state index in [9.17, 15) is 9.18 Å². The minimum Gasteiger partial charge on any atom is -0.289 e. The van der Waals surface area contributed by atoms with Gasteiger partial charge in [-0.25, -0.2) is 18.9 Å². The monoisotopic (exact) mass is 403 g/mol. The number of thiazole rings is 1. The SMILES string of the molecule is O=c1cc(Cc2csc(-c3ccncc3)n2)nc2cc(-c3ccc(F)cc3)[nH]n12. The minimum atomic E-state index is -0.308. The highest BCUT2D eigenvalue weighted by Gasteiger charge is 2.11. The number of halogens is 1. The van der Waals surface area contributed by atoms with Gasteiger partial charge in [0.25, 0.3) is 5.56 Å². The zero-order chi connectivity index (χ0) is 19.8. The van der Waals surface area contributed by atoms with Crippen LogP contribution in [0.2, 0.25) is 0 Å². The van der Waals surface area contributed by atoms with Gasteiger partial charge >= 0.3 is 0 Å². The summed E-state index contributed by atoms with van der Waals surface area (Å²) < 4.78 is 14.5. The summed E-state index contributed by atoms with van der Waals surface area (Å²) >= 11 is 1.55. The maximum absolute atomic E-state index is 13.2. The van der Waals surface area contributed by atoms with Crippen LogP contribution >= 0.6 is 11.3 Å². The second-order valence-corrected chi connectivity index (χ2v) is 7.37. The summed E-state index contributed by atoms with van der Waals surface area (Å²) in [5.74, 6) is -0.308. The highest BCUT2D eigenvalue weighted by atomic mass is 32.1. The van der Waals surface area contributed by atoms with Gasteiger partial charge in [-0.1, -0.05) is 0 Å². The van der Waals surface area contributed by atoms with E-state index in [2.05, 4.69) is 20.1 Å². The number of nitrogens with zero attached hydrogens (tertiary/aromatic N) is 4. The van der Waals surface area contributed by atoms with Crippen molar-refractivity contribution in [2.45, 2.75) is 6.42 Å². The maximum atomic E-state index is 13.2. The van der Waals surface area contributed by atoms with E-state index >= 15 is 0 Å². The number of aromatic amines is 1. The molecule has 1 aromatic carbocycles. The Hall–Kier alpha value is -3.65. The summed E-state index contributed by atoms with van der Waals surface area (Å²) in [5, 5.41) is 5.89. The molecule has 0 fully saturated rings. The van der Waals surface area contributed by atoms with Crippen molar-refractivity contribution in [2.75, 3.05) is 0 Å². The highest BCUT2D eigenvalue weighted by Crippen LogP contribution is 2.24. The predicted molar refractivity (Wildman–Crippen MR) is 109 cm³/mol. The lowest BCUT2D eigenvalue weighted by atomic mass is 10.1. The van der Waals surface area contributed by atoms with Gasteiger partial charge in [-0.3, -0.25) is 14.9 Å². The predicted octanol–water partition coefficient (Wildman–Crippen LogP) is 3.94. The Morgan fingerprint density at radius 2 is 1.76 bits per heavy atom. The Kier molecular flexibility index (Phi) is 4.25. The van der Waals surface area contributed by atoms with Crippen LogP contribution in [0.5, 0.6) is 0 Å². The summed E-state index contributed by atoms with van der Waals surface area (Å²) in [4.78, 5) is 25.8. The van der Waals surface area contributed by atoms with E-state index in [1.54, 1.807) is 41.9 Å². The first-order chi connectivity index (χ1) is 14.2. The van der Waals surface area contributed by atoms with Crippen LogP contribution in [0.1, 0.15) is 11.4 Å². The fraction of sp³-hybridized carbons (Fsp3) is 0.0476. The molecule has 6 nitrogen and oxygen atoms in total. The van der Waals surface area contributed by atoms with Crippen LogP contribution < -0.4 is 5.56 Å². The van der Waals surface area contributed by atoms with Gasteiger partial charge in [0.15, 0.2) is 5.65 Å². The molecule has 142 valence electrons. The van der Waals surface area contributed by atoms with E-state index in [1.165, 1.54) is 22.7 Å². The topological polar surface area (TPSA) is 75.9 Å². The first-order valence-electron chi connectivity index (χ1n) is 8.88. The summed E-state index contributed by atoms with van der Waals surface area (Å²) in [6.45, 7) is 0. The molecule has 4 aromatic heterocycles. The van der Waals surface area contributed by atoms with Gasteiger partial charge < -0.3 is 0 Å². The van der Waals surface area contributed by atoms with Crippen LogP contribution in [0.4, 0.5) is 4.39 Å². The third-order valence-corrected chi connectivity index (χ3v) is 5.44. The van der Waals surface area contributed by atoms with Crippen LogP contribution in [0, 0.1) is 5.82 Å². The second-order valence-electron chi connectivity index (χ2n) is 6.51. The Labute approximate surface area is 168 Å². The number of rotatable bonds is 4. The molecule has 0 saturated carbocycles. The highest BCUT2D eigenvalue weighted by molar-refractivity contribution is 7.13. The van der Waals surface area contributed by atoms with Crippen LogP contribution in [0.15, 0.2) is 71.1 Å². The van der Waals surface area contributed by atoms with Crippen LogP contribution in [-0.4, -0.2) is 24.6 Å². The summed E-state index contributed by atoms with van der Waals surface area (Å²) in [5.41, 5.74) is 4.28. The largest absolute Gasteiger partial charge is 0.289 e. The third kappa shape index (κ3) is 3.45. The molecule has 0 amide bonds. The van der Waals surface area contributed by atoms with Crippen molar-refractivity contribution in [1.29, 1.82) is 0 Å². The van der Waals surface area contributed by atoms with Gasteiger partial charge in [0, 0.05) is 41.9 Å². The fourth-order valence-electron chi connectivity index (χ4n) is 3.11. The van der Waals surface area contributed by atoms with E-state index in [0.29, 0.717) is 23.5 Å². The molecule has 0 saturated heterocycles. The molecule has 0 aliphatic heterocycles. The first kappa shape index (κ1) is 17.4. The quantitative estimate of drug-likeness (QED) is 0.493. The fourth-order valence-corrected chi connectivity index (χ4v) is 3.93. The smallest absolute Gasteiger partial charge is 0.272 e. The molecule has 0 atom stereocenters. The molecule has 0 unspecified atom stereocenters. The van der Waals surface area contributed by atoms with Gasteiger partial charge in [-0.2, -0.15) is 0 Å². The van der Waals surface area contributed by atoms with E-state index in [-0.39, 0.29) is 11.4 Å². The normalized spacial score (nSPS) is 11.2. The standard InChI is InChI=1S/C21H14FN5OS/c22-15-3-1-13(2-4-15)18-11-19-24-16(10-20(28)27(19)26-18)9-17-12-29-21(25-17)14-5-7-23-8-6-14/h1-8,10-12,26H,9H2. The lowest BCUT2D eigenvalue weighted by molar-refractivity contribution is 0.628. The van der Waals surface area contributed by atoms with Crippen molar-refractivity contribution in [3.05, 3.63) is 93.9 Å². The van der Waals surface area contributed by atoms with Crippen molar-refractivity contribution in [1.82, 2.24) is 24.6 Å². The van der Waals surface area contributed by atoms with E-state index in [0.717, 1.165) is 21.8 Å². The minimum absolute atomic E-state index is 0.206. The number of benzene rings is 1. The van der Waals surface area contributed by atoms with Crippen molar-refractivity contribution in [3.63, 3.8) is 0 Å². The lowest BCUT2D eigenvalue weighted by Gasteiger charge is -1.99. The molecule has 0 aliphatic carbocycles. The first-order valence-corrected chi connectivity index (χ1v) is 9.76. The Morgan fingerprint density at radius 1 is 0.966 bits per heavy atom. The van der Waals surface area contributed by atoms with Crippen molar-refractivity contribution < 1.29 is 4.39 Å². The molecular weight excluding hydrogens is 389 g/mol. The molecule has 5 rings (SSSR count). The summed E-state index contributed by atoms with van der Waals surface area (Å²) in [6, 6.07) is 13.2. The number of fused-ring (bicyclic) bond motifs is 1. The molecule has 5 aromatic rings. The number of hydrogen-bond acceptors (Lipinski definition) is 5. The summed E-state index contributed by atoms with van der Waals surface area (Å²) in [6.07, 6.45) is 3.93. The molecular formula is C21H14FN5OS. The van der Waals surface area contributed by atoms with Gasteiger partial charge in [0.1, 0.15) is 10.8 Å². The van der Waals surface area contributed by atoms with Gasteiger partial charge in [-0.15, -0.1) is 11.3 Å². The second kappa shape index (κ2) is 7.06. The van der Waals surface area contributed by atoms with Crippen molar-refractivity contribution >= 4 is 17.0 Å². The molecule has 0 radical (unpaired) electrons. The van der Waals surface area contributed by atoms with Crippen LogP contribution in [-0.2, 0) is 6.42 Å². The summed E-state index contributed by atoms with van der Waals surface area (Å²) in [7, 11) is 0. The number of aromatic nitrogens is 5. The Balaban J connectivity index is 1.46. The molecule has 0 bridgehead atoms. The Morgan fingerprint density at radius 3 is 2.55 bits per heavy atom. The molecule has 1 N–H and O–H groups in total. The van der Waals surface area contributed by atoms with Gasteiger partial charge in [0.05, 0.1) is 17.1 Å². The average molecular weight is 403 g/mol. The zero-order valence-corrected chi connectivity index (χ0v) is 15.9. The average Bonchev–Trinajstić information content (AvgIpc) is 3.37. The van der Waals surface area contributed by atoms with Gasteiger partial charge in [0.2, 0.25) is 0 Å². The molecule has 0 aliphatic rings. The number of nitrogens with one attached hydrogen (secondary N) is 1. The van der Waals surface area contributed by atoms with E-state index in [4.69, 9.17) is 0 Å². The van der Waals surface area contributed by atoms with E-state index < -0.39 is 0 Å². The maximum Gasteiger partial charge on any atom is 0.272 e. The van der Waals surface area contributed by atoms with Crippen LogP contribution in [0.25, 0.3) is 27.5 Å². The van der Waals surface area contributed by atoms with E-state index in [1.807, 2.05) is 17.5 Å². The van der Waals surface area contributed by atoms with Crippen LogP contribution in [0.3, 0.4) is 0 Å². The third-order valence-electron chi connectivity index (χ3n) is 4.50. The number of H-pyrrole nitrogens is 1. The molecule has 8 heteroatoms. The van der Waals surface area contributed by atoms with Crippen molar-refractivity contribution in [2.24, 2.45) is 0 Å². The zero-order valence-electron chi connectivity index (χ0n) is 15.0. The lowest BCUT2D eigenvalue weighted by Crippen LogP contribution is -2.15. The number of pyridine rings is 1. The molecule has 4 heterocycles. The molecule has 0 spiro atoms. The van der Waals surface area contributed by atoms with Crippen molar-refractivity contribution in [3.8, 4) is 21.8 Å². The Bertz CT molecular complexity index is 1360. The number of hydrogen-bond donors (Lipinski definition) is 1. The van der Waals surface area contributed by atoms with Gasteiger partial charge in [-0.05, 0) is 42.0 Å². The molecule has 29 heavy (non-hydrogen) atoms.